The van der Waals surface area contributed by atoms with Gasteiger partial charge in [-0.25, -0.2) is 4.39 Å². The molecule has 0 aliphatic rings. The SMILES string of the molecule is CC[C@H](NC(=O)c1ccnn1C(C)C)c1ccc(F)cc1. The maximum Gasteiger partial charge on any atom is 0.270 e. The second-order valence-corrected chi connectivity index (χ2v) is 5.24. The van der Waals surface area contributed by atoms with Crippen LogP contribution < -0.4 is 5.32 Å². The molecule has 2 aromatic rings. The van der Waals surface area contributed by atoms with Gasteiger partial charge in [0.15, 0.2) is 0 Å². The lowest BCUT2D eigenvalue weighted by atomic mass is 10.0. The van der Waals surface area contributed by atoms with Crippen molar-refractivity contribution in [3.8, 4) is 0 Å². The first-order valence-electron chi connectivity index (χ1n) is 7.12. The average Bonchev–Trinajstić information content (AvgIpc) is 2.95. The molecule has 5 heteroatoms. The minimum atomic E-state index is -0.280. The van der Waals surface area contributed by atoms with Crippen LogP contribution in [0.4, 0.5) is 4.39 Å². The maximum absolute atomic E-state index is 13.0. The smallest absolute Gasteiger partial charge is 0.270 e. The highest BCUT2D eigenvalue weighted by atomic mass is 19.1. The Kier molecular flexibility index (Phi) is 4.73. The first-order valence-corrected chi connectivity index (χ1v) is 7.12. The molecule has 112 valence electrons. The Balaban J connectivity index is 2.16. The number of carbonyl (C=O) groups excluding carboxylic acids is 1. The number of benzene rings is 1. The van der Waals surface area contributed by atoms with Gasteiger partial charge in [0.05, 0.1) is 6.04 Å². The van der Waals surface area contributed by atoms with Gasteiger partial charge >= 0.3 is 0 Å². The molecule has 1 heterocycles. The predicted octanol–water partition coefficient (Wildman–Crippen LogP) is 3.48. The first kappa shape index (κ1) is 15.2. The van der Waals surface area contributed by atoms with Crippen LogP contribution in [0.15, 0.2) is 36.5 Å². The number of aromatic nitrogens is 2. The molecule has 2 rings (SSSR count). The van der Waals surface area contributed by atoms with Crippen LogP contribution in [0.3, 0.4) is 0 Å². The van der Waals surface area contributed by atoms with Crippen molar-refractivity contribution in [1.82, 2.24) is 15.1 Å². The van der Waals surface area contributed by atoms with Crippen molar-refractivity contribution in [2.75, 3.05) is 0 Å². The van der Waals surface area contributed by atoms with Crippen molar-refractivity contribution >= 4 is 5.91 Å². The minimum absolute atomic E-state index is 0.117. The zero-order chi connectivity index (χ0) is 15.4. The largest absolute Gasteiger partial charge is 0.344 e. The summed E-state index contributed by atoms with van der Waals surface area (Å²) in [7, 11) is 0. The third-order valence-corrected chi connectivity index (χ3v) is 3.38. The van der Waals surface area contributed by atoms with Gasteiger partial charge in [-0.2, -0.15) is 5.10 Å². The van der Waals surface area contributed by atoms with E-state index in [4.69, 9.17) is 0 Å². The van der Waals surface area contributed by atoms with Crippen LogP contribution in [0.5, 0.6) is 0 Å². The van der Waals surface area contributed by atoms with Crippen molar-refractivity contribution in [2.45, 2.75) is 39.3 Å². The summed E-state index contributed by atoms with van der Waals surface area (Å²) in [6.07, 6.45) is 2.35. The predicted molar refractivity (Wildman–Crippen MR) is 79.5 cm³/mol. The van der Waals surface area contributed by atoms with Gasteiger partial charge in [0, 0.05) is 12.2 Å². The van der Waals surface area contributed by atoms with Crippen LogP contribution in [0, 0.1) is 5.82 Å². The van der Waals surface area contributed by atoms with Crippen molar-refractivity contribution in [3.05, 3.63) is 53.6 Å². The molecule has 0 bridgehead atoms. The Morgan fingerprint density at radius 1 is 1.29 bits per heavy atom. The molecule has 1 aromatic heterocycles. The normalized spacial score (nSPS) is 12.4. The second-order valence-electron chi connectivity index (χ2n) is 5.24. The highest BCUT2D eigenvalue weighted by molar-refractivity contribution is 5.92. The molecule has 0 unspecified atom stereocenters. The maximum atomic E-state index is 13.0. The van der Waals surface area contributed by atoms with E-state index in [0.717, 1.165) is 12.0 Å². The molecule has 0 aliphatic carbocycles. The Hall–Kier alpha value is -2.17. The molecule has 0 radical (unpaired) electrons. The number of nitrogens with zero attached hydrogens (tertiary/aromatic N) is 2. The van der Waals surface area contributed by atoms with E-state index in [1.165, 1.54) is 12.1 Å². The molecular formula is C16H20FN3O. The lowest BCUT2D eigenvalue weighted by Crippen LogP contribution is -2.30. The molecule has 1 atom stereocenters. The lowest BCUT2D eigenvalue weighted by Gasteiger charge is -2.18. The standard InChI is InChI=1S/C16H20FN3O/c1-4-14(12-5-7-13(17)8-6-12)19-16(21)15-9-10-18-20(15)11(2)3/h5-11,14H,4H2,1-3H3,(H,19,21)/t14-/m0/s1. The van der Waals surface area contributed by atoms with Crippen molar-refractivity contribution in [2.24, 2.45) is 0 Å². The summed E-state index contributed by atoms with van der Waals surface area (Å²) in [4.78, 5) is 12.4. The van der Waals surface area contributed by atoms with E-state index >= 15 is 0 Å². The molecule has 0 aliphatic heterocycles. The van der Waals surface area contributed by atoms with Crippen molar-refractivity contribution < 1.29 is 9.18 Å². The van der Waals surface area contributed by atoms with Crippen LogP contribution in [-0.4, -0.2) is 15.7 Å². The Bertz CT molecular complexity index is 604. The minimum Gasteiger partial charge on any atom is -0.344 e. The molecule has 1 aromatic carbocycles. The molecule has 0 fully saturated rings. The molecule has 1 N–H and O–H groups in total. The molecule has 1 amide bonds. The van der Waals surface area contributed by atoms with E-state index in [1.54, 1.807) is 29.1 Å². The number of amides is 1. The van der Waals surface area contributed by atoms with Crippen LogP contribution in [-0.2, 0) is 0 Å². The van der Waals surface area contributed by atoms with Crippen LogP contribution in [0.2, 0.25) is 0 Å². The van der Waals surface area contributed by atoms with Crippen LogP contribution in [0.1, 0.15) is 55.3 Å². The highest BCUT2D eigenvalue weighted by Crippen LogP contribution is 2.18. The molecular weight excluding hydrogens is 269 g/mol. The van der Waals surface area contributed by atoms with E-state index in [2.05, 4.69) is 10.4 Å². The van der Waals surface area contributed by atoms with E-state index in [-0.39, 0.29) is 23.8 Å². The number of carbonyl (C=O) groups is 1. The van der Waals surface area contributed by atoms with E-state index < -0.39 is 0 Å². The fourth-order valence-electron chi connectivity index (χ4n) is 2.25. The Labute approximate surface area is 124 Å². The quantitative estimate of drug-likeness (QED) is 0.916. The zero-order valence-corrected chi connectivity index (χ0v) is 12.5. The monoisotopic (exact) mass is 289 g/mol. The van der Waals surface area contributed by atoms with Gasteiger partial charge in [0.1, 0.15) is 11.5 Å². The number of rotatable bonds is 5. The summed E-state index contributed by atoms with van der Waals surface area (Å²) in [6, 6.07) is 7.88. The van der Waals surface area contributed by atoms with E-state index in [0.29, 0.717) is 5.69 Å². The summed E-state index contributed by atoms with van der Waals surface area (Å²) in [5, 5.41) is 7.14. The van der Waals surface area contributed by atoms with Crippen molar-refractivity contribution in [1.29, 1.82) is 0 Å². The van der Waals surface area contributed by atoms with Gasteiger partial charge < -0.3 is 5.32 Å². The molecule has 0 saturated carbocycles. The average molecular weight is 289 g/mol. The third-order valence-electron chi connectivity index (χ3n) is 3.38. The number of nitrogens with one attached hydrogen (secondary N) is 1. The molecule has 0 spiro atoms. The highest BCUT2D eigenvalue weighted by Gasteiger charge is 2.18. The van der Waals surface area contributed by atoms with Gasteiger partial charge in [-0.1, -0.05) is 19.1 Å². The van der Waals surface area contributed by atoms with Gasteiger partial charge in [-0.3, -0.25) is 9.48 Å². The molecule has 21 heavy (non-hydrogen) atoms. The van der Waals surface area contributed by atoms with E-state index in [9.17, 15) is 9.18 Å². The number of hydrogen-bond acceptors (Lipinski definition) is 2. The van der Waals surface area contributed by atoms with Gasteiger partial charge in [0.25, 0.3) is 5.91 Å². The summed E-state index contributed by atoms with van der Waals surface area (Å²) in [6.45, 7) is 5.93. The van der Waals surface area contributed by atoms with Crippen LogP contribution >= 0.6 is 0 Å². The Morgan fingerprint density at radius 2 is 1.95 bits per heavy atom. The zero-order valence-electron chi connectivity index (χ0n) is 12.5. The third kappa shape index (κ3) is 3.48. The molecule has 4 nitrogen and oxygen atoms in total. The first-order chi connectivity index (χ1) is 10.0. The Morgan fingerprint density at radius 3 is 2.52 bits per heavy atom. The van der Waals surface area contributed by atoms with Gasteiger partial charge in [-0.15, -0.1) is 0 Å². The van der Waals surface area contributed by atoms with Gasteiger partial charge in [-0.05, 0) is 44.0 Å². The lowest BCUT2D eigenvalue weighted by molar-refractivity contribution is 0.0922. The second kappa shape index (κ2) is 6.52. The summed E-state index contributed by atoms with van der Waals surface area (Å²) >= 11 is 0. The summed E-state index contributed by atoms with van der Waals surface area (Å²) < 4.78 is 14.7. The van der Waals surface area contributed by atoms with Crippen LogP contribution in [0.25, 0.3) is 0 Å². The van der Waals surface area contributed by atoms with Crippen molar-refractivity contribution in [3.63, 3.8) is 0 Å². The fourth-order valence-corrected chi connectivity index (χ4v) is 2.25. The number of halogens is 1. The van der Waals surface area contributed by atoms with E-state index in [1.807, 2.05) is 20.8 Å². The van der Waals surface area contributed by atoms with Gasteiger partial charge in [0.2, 0.25) is 0 Å². The summed E-state index contributed by atoms with van der Waals surface area (Å²) in [5.74, 6) is -0.449. The topological polar surface area (TPSA) is 46.9 Å². The molecule has 0 saturated heterocycles. The number of hydrogen-bond donors (Lipinski definition) is 1. The summed E-state index contributed by atoms with van der Waals surface area (Å²) in [5.41, 5.74) is 1.42. The fraction of sp³-hybridized carbons (Fsp3) is 0.375.